The molecule has 2 unspecified atom stereocenters. The molecule has 2 rings (SSSR count). The summed E-state index contributed by atoms with van der Waals surface area (Å²) in [7, 11) is 0. The summed E-state index contributed by atoms with van der Waals surface area (Å²) >= 11 is 0. The molecule has 0 fully saturated rings. The number of aliphatic hydroxyl groups excluding tert-OH is 2. The Bertz CT molecular complexity index is 789. The van der Waals surface area contributed by atoms with E-state index in [9.17, 15) is 19.8 Å². The van der Waals surface area contributed by atoms with Crippen LogP contribution in [-0.4, -0.2) is 44.6 Å². The van der Waals surface area contributed by atoms with Crippen molar-refractivity contribution in [2.45, 2.75) is 59.2 Å². The molecule has 32 heavy (non-hydrogen) atoms. The Labute approximate surface area is 190 Å². The van der Waals surface area contributed by atoms with E-state index in [2.05, 4.69) is 0 Å². The van der Waals surface area contributed by atoms with Crippen LogP contribution in [0.5, 0.6) is 0 Å². The third kappa shape index (κ3) is 12.7. The highest BCUT2D eigenvalue weighted by Crippen LogP contribution is 2.13. The summed E-state index contributed by atoms with van der Waals surface area (Å²) in [6.45, 7) is 7.76. The molecular weight excluding hydrogens is 408 g/mol. The van der Waals surface area contributed by atoms with Crippen molar-refractivity contribution in [3.05, 3.63) is 77.4 Å². The minimum Gasteiger partial charge on any atom is -0.478 e. The lowest BCUT2D eigenvalue weighted by molar-refractivity contribution is -0.131. The SMILES string of the molecule is CCC(O)C(C)C(O)CC.CCc1ccc(C(=O)O)cc1.O=C(O)C=Cc1ccccc1. The van der Waals surface area contributed by atoms with Gasteiger partial charge in [0.1, 0.15) is 0 Å². The predicted molar refractivity (Wildman–Crippen MR) is 128 cm³/mol. The van der Waals surface area contributed by atoms with Crippen LogP contribution in [0.2, 0.25) is 0 Å². The quantitative estimate of drug-likeness (QED) is 0.431. The Balaban J connectivity index is 0.000000452. The smallest absolute Gasteiger partial charge is 0.335 e. The summed E-state index contributed by atoms with van der Waals surface area (Å²) in [6.07, 6.45) is 4.36. The zero-order valence-electron chi connectivity index (χ0n) is 19.3. The average Bonchev–Trinajstić information content (AvgIpc) is 2.82. The topological polar surface area (TPSA) is 115 Å². The number of aromatic carboxylic acids is 1. The largest absolute Gasteiger partial charge is 0.478 e. The third-order valence-electron chi connectivity index (χ3n) is 4.88. The first-order valence-corrected chi connectivity index (χ1v) is 10.8. The number of benzene rings is 2. The highest BCUT2D eigenvalue weighted by molar-refractivity contribution is 5.87. The monoisotopic (exact) mass is 444 g/mol. The summed E-state index contributed by atoms with van der Waals surface area (Å²) in [6, 6.07) is 16.2. The van der Waals surface area contributed by atoms with Crippen molar-refractivity contribution in [3.63, 3.8) is 0 Å². The molecule has 0 aromatic heterocycles. The van der Waals surface area contributed by atoms with Gasteiger partial charge in [-0.25, -0.2) is 9.59 Å². The lowest BCUT2D eigenvalue weighted by Crippen LogP contribution is -2.28. The van der Waals surface area contributed by atoms with Crippen molar-refractivity contribution in [3.8, 4) is 0 Å². The summed E-state index contributed by atoms with van der Waals surface area (Å²) in [5.41, 5.74) is 2.41. The van der Waals surface area contributed by atoms with Gasteiger partial charge < -0.3 is 20.4 Å². The van der Waals surface area contributed by atoms with Crippen LogP contribution >= 0.6 is 0 Å². The molecule has 0 saturated heterocycles. The van der Waals surface area contributed by atoms with Gasteiger partial charge >= 0.3 is 11.9 Å². The van der Waals surface area contributed by atoms with E-state index in [4.69, 9.17) is 10.2 Å². The maximum Gasteiger partial charge on any atom is 0.335 e. The lowest BCUT2D eigenvalue weighted by Gasteiger charge is -2.21. The molecule has 0 aliphatic heterocycles. The molecule has 2 aromatic carbocycles. The number of hydrogen-bond donors (Lipinski definition) is 4. The lowest BCUT2D eigenvalue weighted by atomic mass is 9.95. The first kappa shape index (κ1) is 29.0. The maximum absolute atomic E-state index is 10.4. The van der Waals surface area contributed by atoms with Crippen molar-refractivity contribution in [1.82, 2.24) is 0 Å². The van der Waals surface area contributed by atoms with Crippen molar-refractivity contribution < 1.29 is 30.0 Å². The first-order chi connectivity index (χ1) is 15.2. The molecular formula is C26H36O6. The van der Waals surface area contributed by atoms with E-state index in [0.717, 1.165) is 36.5 Å². The standard InChI is InChI=1S/C9H10O2.C9H8O2.C8H18O2/c1-2-7-3-5-8(6-4-7)9(10)11;10-9(11)7-6-8-4-2-1-3-5-8;1-4-7(9)6(3)8(10)5-2/h3-6H,2H2,1H3,(H,10,11);1-7H,(H,10,11);6-10H,4-5H2,1-3H3. The molecule has 176 valence electrons. The second-order valence-corrected chi connectivity index (χ2v) is 7.25. The van der Waals surface area contributed by atoms with Gasteiger partial charge in [0.05, 0.1) is 17.8 Å². The minimum absolute atomic E-state index is 0.00926. The van der Waals surface area contributed by atoms with Gasteiger partial charge in [0, 0.05) is 12.0 Å². The zero-order chi connectivity index (χ0) is 24.5. The molecule has 6 heteroatoms. The van der Waals surface area contributed by atoms with E-state index < -0.39 is 11.9 Å². The molecule has 0 saturated carbocycles. The van der Waals surface area contributed by atoms with Gasteiger partial charge in [0.25, 0.3) is 0 Å². The predicted octanol–water partition coefficient (Wildman–Crippen LogP) is 4.90. The molecule has 0 heterocycles. The van der Waals surface area contributed by atoms with Crippen LogP contribution in [0.25, 0.3) is 6.08 Å². The van der Waals surface area contributed by atoms with Crippen molar-refractivity contribution in [1.29, 1.82) is 0 Å². The van der Waals surface area contributed by atoms with Gasteiger partial charge in [-0.05, 0) is 48.6 Å². The van der Waals surface area contributed by atoms with E-state index in [1.54, 1.807) is 18.2 Å². The normalized spacial score (nSPS) is 13.1. The summed E-state index contributed by atoms with van der Waals surface area (Å²) < 4.78 is 0. The number of aliphatic carboxylic acids is 1. The molecule has 0 aliphatic carbocycles. The molecule has 0 amide bonds. The van der Waals surface area contributed by atoms with Gasteiger partial charge in [-0.3, -0.25) is 0 Å². The average molecular weight is 445 g/mol. The Kier molecular flexibility index (Phi) is 15.2. The highest BCUT2D eigenvalue weighted by atomic mass is 16.4. The molecule has 0 aliphatic rings. The fourth-order valence-corrected chi connectivity index (χ4v) is 2.61. The highest BCUT2D eigenvalue weighted by Gasteiger charge is 2.18. The van der Waals surface area contributed by atoms with Crippen LogP contribution < -0.4 is 0 Å². The van der Waals surface area contributed by atoms with Crippen molar-refractivity contribution in [2.75, 3.05) is 0 Å². The van der Waals surface area contributed by atoms with Crippen LogP contribution in [0.4, 0.5) is 0 Å². The van der Waals surface area contributed by atoms with Crippen LogP contribution in [0.15, 0.2) is 60.7 Å². The Morgan fingerprint density at radius 2 is 1.34 bits per heavy atom. The second-order valence-electron chi connectivity index (χ2n) is 7.25. The number of hydrogen-bond acceptors (Lipinski definition) is 4. The van der Waals surface area contributed by atoms with Gasteiger partial charge in [0.15, 0.2) is 0 Å². The minimum atomic E-state index is -0.922. The fraction of sp³-hybridized carbons (Fsp3) is 0.385. The van der Waals surface area contributed by atoms with Gasteiger partial charge in [-0.1, -0.05) is 70.2 Å². The first-order valence-electron chi connectivity index (χ1n) is 10.8. The van der Waals surface area contributed by atoms with E-state index in [0.29, 0.717) is 5.56 Å². The molecule has 2 aromatic rings. The van der Waals surface area contributed by atoms with Crippen LogP contribution in [0.1, 0.15) is 62.0 Å². The van der Waals surface area contributed by atoms with E-state index in [1.807, 2.05) is 70.2 Å². The van der Waals surface area contributed by atoms with Crippen LogP contribution in [0, 0.1) is 5.92 Å². The number of carbonyl (C=O) groups is 2. The van der Waals surface area contributed by atoms with Crippen molar-refractivity contribution >= 4 is 18.0 Å². The summed E-state index contributed by atoms with van der Waals surface area (Å²) in [5, 5.41) is 35.4. The Morgan fingerprint density at radius 1 is 0.844 bits per heavy atom. The van der Waals surface area contributed by atoms with Crippen LogP contribution in [0.3, 0.4) is 0 Å². The second kappa shape index (κ2) is 16.7. The van der Waals surface area contributed by atoms with Gasteiger partial charge in [0.2, 0.25) is 0 Å². The fourth-order valence-electron chi connectivity index (χ4n) is 2.61. The number of rotatable bonds is 8. The van der Waals surface area contributed by atoms with Crippen LogP contribution in [-0.2, 0) is 11.2 Å². The van der Waals surface area contributed by atoms with E-state index >= 15 is 0 Å². The molecule has 0 bridgehead atoms. The van der Waals surface area contributed by atoms with Gasteiger partial charge in [-0.2, -0.15) is 0 Å². The molecule has 2 atom stereocenters. The van der Waals surface area contributed by atoms with Gasteiger partial charge in [-0.15, -0.1) is 0 Å². The maximum atomic E-state index is 10.4. The molecule has 0 radical (unpaired) electrons. The summed E-state index contributed by atoms with van der Waals surface area (Å²) in [5.74, 6) is -1.78. The number of aliphatic hydroxyl groups is 2. The zero-order valence-corrected chi connectivity index (χ0v) is 19.3. The molecule has 6 nitrogen and oxygen atoms in total. The number of carboxylic acid groups (broad SMARTS) is 2. The Hall–Kier alpha value is -2.96. The van der Waals surface area contributed by atoms with E-state index in [-0.39, 0.29) is 18.1 Å². The molecule has 4 N–H and O–H groups in total. The number of carboxylic acids is 2. The van der Waals surface area contributed by atoms with E-state index in [1.165, 1.54) is 0 Å². The van der Waals surface area contributed by atoms with Crippen molar-refractivity contribution in [2.24, 2.45) is 5.92 Å². The molecule has 0 spiro atoms. The summed E-state index contributed by atoms with van der Waals surface area (Å²) in [4.78, 5) is 20.5. The Morgan fingerprint density at radius 3 is 1.72 bits per heavy atom. The number of aryl methyl sites for hydroxylation is 1. The third-order valence-corrected chi connectivity index (χ3v) is 4.88.